The predicted octanol–water partition coefficient (Wildman–Crippen LogP) is 5.82. The summed E-state index contributed by atoms with van der Waals surface area (Å²) in [5.41, 5.74) is 7.45. The zero-order valence-electron chi connectivity index (χ0n) is 48.6. The fourth-order valence-corrected chi connectivity index (χ4v) is 14.8. The van der Waals surface area contributed by atoms with Crippen molar-refractivity contribution in [3.05, 3.63) is 65.0 Å². The van der Waals surface area contributed by atoms with Crippen molar-refractivity contribution in [1.82, 2.24) is 45.2 Å². The van der Waals surface area contributed by atoms with Crippen LogP contribution in [0.3, 0.4) is 0 Å². The van der Waals surface area contributed by atoms with E-state index < -0.39 is 48.3 Å². The van der Waals surface area contributed by atoms with Crippen molar-refractivity contribution in [2.75, 3.05) is 85.8 Å². The van der Waals surface area contributed by atoms with Crippen LogP contribution in [0.25, 0.3) is 27.6 Å². The van der Waals surface area contributed by atoms with Crippen LogP contribution in [-0.2, 0) is 52.8 Å². The van der Waals surface area contributed by atoms with Gasteiger partial charge < -0.3 is 29.0 Å². The van der Waals surface area contributed by atoms with E-state index >= 15 is 18.0 Å². The molecule has 12 rings (SSSR count). The van der Waals surface area contributed by atoms with Crippen molar-refractivity contribution in [1.29, 1.82) is 0 Å². The number of halogens is 3. The van der Waals surface area contributed by atoms with Gasteiger partial charge in [0.15, 0.2) is 0 Å². The molecule has 82 heavy (non-hydrogen) atoms. The van der Waals surface area contributed by atoms with Crippen molar-refractivity contribution in [3.63, 3.8) is 0 Å². The third kappa shape index (κ3) is 11.8. The molecule has 1 aromatic heterocycles. The van der Waals surface area contributed by atoms with Gasteiger partial charge in [0.05, 0.1) is 43.4 Å². The molecule has 1 spiro atoms. The van der Waals surface area contributed by atoms with E-state index in [4.69, 9.17) is 19.2 Å². The SMILES string of the molecule is CO[C@@H](C)C1=C(c2c3c4cc(ccc4n2CC(F)(F)F)-c2cccc(c2)C[C@H](NC(=O)[C@H](C(C)C)N2CC[C@]4(CCN(C(=O)[C@@H]5N[C@@H]5C5CC5)C4)C2)C(=O)N2CCC[C@H](N2)C(=O)OCC(C)(C)C3)C[C@@H](N2CCN3CCOC[C@@H]3C2)C=N1. The normalized spacial score (nSPS) is 30.2. The van der Waals surface area contributed by atoms with Gasteiger partial charge in [0.1, 0.15) is 24.7 Å². The highest BCUT2D eigenvalue weighted by Gasteiger charge is 2.55. The highest BCUT2D eigenvalue weighted by Crippen LogP contribution is 2.46. The molecule has 0 unspecified atom stereocenters. The zero-order chi connectivity index (χ0) is 57.4. The number of carbonyl (C=O) groups excluding carboxylic acids is 4. The van der Waals surface area contributed by atoms with Gasteiger partial charge in [-0.1, -0.05) is 58.0 Å². The van der Waals surface area contributed by atoms with Crippen molar-refractivity contribution in [2.45, 2.75) is 154 Å². The van der Waals surface area contributed by atoms with Gasteiger partial charge in [0.2, 0.25) is 11.8 Å². The summed E-state index contributed by atoms with van der Waals surface area (Å²) in [5, 5.41) is 8.77. The molecule has 20 heteroatoms. The molecule has 9 atom stereocenters. The van der Waals surface area contributed by atoms with Crippen LogP contribution in [0.4, 0.5) is 13.2 Å². The zero-order valence-corrected chi connectivity index (χ0v) is 48.6. The van der Waals surface area contributed by atoms with Crippen LogP contribution in [0.1, 0.15) is 96.4 Å². The number of rotatable bonds is 11. The van der Waals surface area contributed by atoms with E-state index in [-0.39, 0.29) is 66.6 Å². The lowest BCUT2D eigenvalue weighted by atomic mass is 9.83. The number of likely N-dealkylation sites (tertiary alicyclic amines) is 2. The number of hydrogen-bond acceptors (Lipinski definition) is 13. The average molecular weight is 1140 g/mol. The van der Waals surface area contributed by atoms with Gasteiger partial charge in [-0.15, -0.1) is 0 Å². The van der Waals surface area contributed by atoms with Crippen molar-refractivity contribution in [3.8, 4) is 11.1 Å². The highest BCUT2D eigenvalue weighted by atomic mass is 19.4. The quantitative estimate of drug-likeness (QED) is 0.155. The summed E-state index contributed by atoms with van der Waals surface area (Å²) < 4.78 is 65.2. The van der Waals surface area contributed by atoms with E-state index in [0.29, 0.717) is 111 Å². The van der Waals surface area contributed by atoms with Crippen LogP contribution in [0.15, 0.2) is 53.2 Å². The minimum Gasteiger partial charge on any atom is -0.464 e. The van der Waals surface area contributed by atoms with Crippen molar-refractivity contribution < 1.29 is 46.6 Å². The maximum atomic E-state index is 15.3. The van der Waals surface area contributed by atoms with Crippen LogP contribution < -0.4 is 16.1 Å². The van der Waals surface area contributed by atoms with E-state index in [1.165, 1.54) is 22.4 Å². The Bertz CT molecular complexity index is 3010. The van der Waals surface area contributed by atoms with E-state index in [1.807, 2.05) is 82.1 Å². The standard InChI is InChI=1S/C62H83F3N10O7/c1-37(2)54(72-19-16-61(33-72)17-20-73(34-61)58(78)53-52(68-53)40-12-13-40)56(76)67-49-26-39-9-7-10-41(25-39)42-14-15-50-45(27-42)47(29-60(4,5)36-82-59(79)48-11-8-18-75(69-48)57(49)77)55(74(50)35-62(63,64)65)46-28-43(30-66-51(46)38(3)80-6)71-22-21-70-23-24-81-32-44(70)31-71/h7,9-10,14-15,25,27,30,37-38,40,43-44,48-49,52-54,68-69H,8,11-13,16-24,26,28-29,31-36H2,1-6H3,(H,67,76)/t38-,43+,44-,48-,49-,52+,53+,54-,61-/m0/s1. The second-order valence-electron chi connectivity index (χ2n) is 26.5. The lowest BCUT2D eigenvalue weighted by Gasteiger charge is -2.46. The van der Waals surface area contributed by atoms with Gasteiger partial charge >= 0.3 is 12.1 Å². The molecule has 7 fully saturated rings. The number of piperazine rings is 1. The summed E-state index contributed by atoms with van der Waals surface area (Å²) in [7, 11) is 1.59. The summed E-state index contributed by atoms with van der Waals surface area (Å²) in [4.78, 5) is 72.0. The van der Waals surface area contributed by atoms with Gasteiger partial charge in [-0.25, -0.2) is 5.43 Å². The summed E-state index contributed by atoms with van der Waals surface area (Å²) in [6, 6.07) is 11.2. The Morgan fingerprint density at radius 1 is 0.939 bits per heavy atom. The molecule has 0 radical (unpaired) electrons. The number of methoxy groups -OCH3 is 1. The Kier molecular flexibility index (Phi) is 15.8. The Labute approximate surface area is 479 Å². The largest absolute Gasteiger partial charge is 0.464 e. The number of cyclic esters (lactones) is 1. The number of alkyl halides is 3. The third-order valence-corrected chi connectivity index (χ3v) is 19.4. The highest BCUT2D eigenvalue weighted by molar-refractivity contribution is 5.96. The van der Waals surface area contributed by atoms with Gasteiger partial charge in [0, 0.05) is 118 Å². The molecule has 9 heterocycles. The number of ether oxygens (including phenoxy) is 3. The number of nitrogens with zero attached hydrogens (tertiary/aromatic N) is 7. The number of aliphatic imine (C=N–C) groups is 1. The number of carbonyl (C=O) groups is 4. The molecule has 2 aromatic carbocycles. The van der Waals surface area contributed by atoms with Gasteiger partial charge in [-0.3, -0.25) is 49.2 Å². The molecule has 9 aliphatic rings. The Hall–Kier alpha value is -5.22. The fraction of sp³-hybridized carbons (Fsp3) is 0.661. The summed E-state index contributed by atoms with van der Waals surface area (Å²) >= 11 is 0. The summed E-state index contributed by atoms with van der Waals surface area (Å²) in [6.45, 7) is 16.2. The molecule has 3 N–H and O–H groups in total. The molecule has 3 amide bonds. The second kappa shape index (κ2) is 22.7. The van der Waals surface area contributed by atoms with Crippen LogP contribution in [-0.4, -0.2) is 199 Å². The van der Waals surface area contributed by atoms with Gasteiger partial charge in [0.25, 0.3) is 5.91 Å². The lowest BCUT2D eigenvalue weighted by Crippen LogP contribution is -2.62. The molecule has 1 aliphatic carbocycles. The number of fused-ring (bicyclic) bond motifs is 7. The number of amides is 3. The maximum absolute atomic E-state index is 15.3. The van der Waals surface area contributed by atoms with E-state index in [1.54, 1.807) is 13.2 Å². The van der Waals surface area contributed by atoms with Crippen LogP contribution in [0.5, 0.6) is 0 Å². The molecule has 8 aliphatic heterocycles. The Balaban J connectivity index is 0.885. The predicted molar refractivity (Wildman–Crippen MR) is 305 cm³/mol. The summed E-state index contributed by atoms with van der Waals surface area (Å²) in [6.07, 6.45) is 2.65. The first-order valence-electron chi connectivity index (χ1n) is 30.3. The molecule has 6 saturated heterocycles. The van der Waals surface area contributed by atoms with Gasteiger partial charge in [-0.05, 0) is 111 Å². The van der Waals surface area contributed by atoms with Crippen LogP contribution >= 0.6 is 0 Å². The first-order chi connectivity index (χ1) is 39.2. The fourth-order valence-electron chi connectivity index (χ4n) is 14.8. The molecular weight excluding hydrogens is 1050 g/mol. The van der Waals surface area contributed by atoms with E-state index in [9.17, 15) is 14.4 Å². The van der Waals surface area contributed by atoms with Crippen LogP contribution in [0.2, 0.25) is 0 Å². The van der Waals surface area contributed by atoms with Crippen molar-refractivity contribution >= 4 is 46.4 Å². The van der Waals surface area contributed by atoms with E-state index in [0.717, 1.165) is 55.7 Å². The topological polar surface area (TPSA) is 175 Å². The average Bonchev–Trinajstić information content (AvgIpc) is 4.05. The molecule has 17 nitrogen and oxygen atoms in total. The first kappa shape index (κ1) is 57.2. The molecule has 6 bridgehead atoms. The molecule has 1 saturated carbocycles. The third-order valence-electron chi connectivity index (χ3n) is 19.4. The number of hydrazine groups is 1. The molecule has 444 valence electrons. The smallest absolute Gasteiger partial charge is 0.406 e. The monoisotopic (exact) mass is 1140 g/mol. The maximum Gasteiger partial charge on any atom is 0.406 e. The van der Waals surface area contributed by atoms with Crippen LogP contribution in [0, 0.1) is 22.7 Å². The minimum absolute atomic E-state index is 0.0556. The van der Waals surface area contributed by atoms with Gasteiger partial charge in [-0.2, -0.15) is 13.2 Å². The first-order valence-corrected chi connectivity index (χ1v) is 30.3. The summed E-state index contributed by atoms with van der Waals surface area (Å²) in [5.74, 6) is -0.446. The second-order valence-corrected chi connectivity index (χ2v) is 26.5. The number of nitrogens with one attached hydrogen (secondary N) is 3. The molecule has 3 aromatic rings. The Morgan fingerprint density at radius 2 is 1.73 bits per heavy atom. The minimum atomic E-state index is -4.59. The number of esters is 1. The van der Waals surface area contributed by atoms with E-state index in [2.05, 4.69) is 30.8 Å². The number of morpholine rings is 1. The van der Waals surface area contributed by atoms with Crippen molar-refractivity contribution in [2.24, 2.45) is 27.7 Å². The number of benzene rings is 2. The number of hydrogen-bond donors (Lipinski definition) is 3. The lowest BCUT2D eigenvalue weighted by molar-refractivity contribution is -0.155. The Morgan fingerprint density at radius 3 is 2.51 bits per heavy atom. The molecular formula is C62H83F3N10O7. The number of aromatic nitrogens is 1.